The van der Waals surface area contributed by atoms with Crippen LogP contribution in [-0.2, 0) is 0 Å². The van der Waals surface area contributed by atoms with Crippen LogP contribution >= 0.6 is 0 Å². The summed E-state index contributed by atoms with van der Waals surface area (Å²) in [6, 6.07) is 0. The number of hydrogen-bond donors (Lipinski definition) is 0. The fourth-order valence-corrected chi connectivity index (χ4v) is 1.28. The minimum Gasteiger partial charge on any atom is -0.301 e. The molecule has 0 amide bonds. The molecule has 11 heavy (non-hydrogen) atoms. The van der Waals surface area contributed by atoms with Crippen molar-refractivity contribution in [3.8, 4) is 0 Å². The zero-order valence-electron chi connectivity index (χ0n) is 8.52. The predicted octanol–water partition coefficient (Wildman–Crippen LogP) is 2.37. The molecule has 0 aliphatic heterocycles. The lowest BCUT2D eigenvalue weighted by molar-refractivity contribution is 0.166. The third-order valence-corrected chi connectivity index (χ3v) is 2.93. The SMILES string of the molecule is CC1CC1CN(C)C(C)(C)C. The van der Waals surface area contributed by atoms with Gasteiger partial charge in [-0.1, -0.05) is 6.92 Å². The summed E-state index contributed by atoms with van der Waals surface area (Å²) >= 11 is 0. The van der Waals surface area contributed by atoms with Crippen molar-refractivity contribution in [2.75, 3.05) is 13.6 Å². The molecule has 1 saturated carbocycles. The lowest BCUT2D eigenvalue weighted by atomic mass is 10.1. The molecule has 0 aromatic heterocycles. The third-order valence-electron chi connectivity index (χ3n) is 2.93. The first-order valence-electron chi connectivity index (χ1n) is 4.62. The van der Waals surface area contributed by atoms with Gasteiger partial charge in [0.2, 0.25) is 0 Å². The van der Waals surface area contributed by atoms with Crippen LogP contribution < -0.4 is 0 Å². The zero-order chi connectivity index (χ0) is 8.65. The van der Waals surface area contributed by atoms with E-state index in [0.717, 1.165) is 11.8 Å². The van der Waals surface area contributed by atoms with Gasteiger partial charge in [0.15, 0.2) is 0 Å². The molecule has 0 radical (unpaired) electrons. The number of rotatable bonds is 2. The van der Waals surface area contributed by atoms with Crippen LogP contribution in [0, 0.1) is 11.8 Å². The Morgan fingerprint density at radius 2 is 1.82 bits per heavy atom. The van der Waals surface area contributed by atoms with Crippen LogP contribution in [0.3, 0.4) is 0 Å². The fourth-order valence-electron chi connectivity index (χ4n) is 1.28. The van der Waals surface area contributed by atoms with Crippen LogP contribution in [-0.4, -0.2) is 24.0 Å². The van der Waals surface area contributed by atoms with Gasteiger partial charge in [-0.2, -0.15) is 0 Å². The van der Waals surface area contributed by atoms with Crippen molar-refractivity contribution in [2.24, 2.45) is 11.8 Å². The first kappa shape index (κ1) is 9.05. The van der Waals surface area contributed by atoms with Crippen LogP contribution in [0.15, 0.2) is 0 Å². The van der Waals surface area contributed by atoms with Gasteiger partial charge in [-0.15, -0.1) is 0 Å². The van der Waals surface area contributed by atoms with Crippen LogP contribution in [0.1, 0.15) is 34.1 Å². The van der Waals surface area contributed by atoms with E-state index in [1.807, 2.05) is 0 Å². The molecule has 0 N–H and O–H groups in total. The molecule has 1 fully saturated rings. The Morgan fingerprint density at radius 3 is 2.09 bits per heavy atom. The minimum atomic E-state index is 0.350. The Morgan fingerprint density at radius 1 is 1.36 bits per heavy atom. The Kier molecular flexibility index (Phi) is 2.29. The molecule has 2 unspecified atom stereocenters. The standard InChI is InChI=1S/C10H21N/c1-8-6-9(8)7-11(5)10(2,3)4/h8-9H,6-7H2,1-5H3. The molecule has 0 bridgehead atoms. The summed E-state index contributed by atoms with van der Waals surface area (Å²) < 4.78 is 0. The molecule has 1 rings (SSSR count). The Hall–Kier alpha value is -0.0400. The predicted molar refractivity (Wildman–Crippen MR) is 49.7 cm³/mol. The second kappa shape index (κ2) is 2.78. The topological polar surface area (TPSA) is 3.24 Å². The van der Waals surface area contributed by atoms with E-state index < -0.39 is 0 Å². The third kappa shape index (κ3) is 2.48. The summed E-state index contributed by atoms with van der Waals surface area (Å²) in [7, 11) is 2.23. The van der Waals surface area contributed by atoms with Gasteiger partial charge in [-0.3, -0.25) is 0 Å². The van der Waals surface area contributed by atoms with Gasteiger partial charge in [0.1, 0.15) is 0 Å². The summed E-state index contributed by atoms with van der Waals surface area (Å²) in [4.78, 5) is 2.46. The summed E-state index contributed by atoms with van der Waals surface area (Å²) in [6.45, 7) is 10.5. The maximum absolute atomic E-state index is 2.46. The molecule has 0 saturated heterocycles. The van der Waals surface area contributed by atoms with Crippen molar-refractivity contribution >= 4 is 0 Å². The van der Waals surface area contributed by atoms with Gasteiger partial charge in [0.25, 0.3) is 0 Å². The average Bonchev–Trinajstić information content (AvgIpc) is 2.44. The molecular formula is C10H21N. The van der Waals surface area contributed by atoms with Crippen molar-refractivity contribution in [1.82, 2.24) is 4.90 Å². The summed E-state index contributed by atoms with van der Waals surface area (Å²) in [5, 5.41) is 0. The maximum atomic E-state index is 2.46. The Balaban J connectivity index is 2.26. The second-order valence-electron chi connectivity index (χ2n) is 5.02. The van der Waals surface area contributed by atoms with Gasteiger partial charge < -0.3 is 4.90 Å². The van der Waals surface area contributed by atoms with Crippen molar-refractivity contribution in [3.05, 3.63) is 0 Å². The van der Waals surface area contributed by atoms with E-state index in [9.17, 15) is 0 Å². The minimum absolute atomic E-state index is 0.350. The molecule has 66 valence electrons. The molecule has 0 aromatic rings. The first-order chi connectivity index (χ1) is 4.91. The normalized spacial score (nSPS) is 31.1. The van der Waals surface area contributed by atoms with E-state index in [-0.39, 0.29) is 0 Å². The van der Waals surface area contributed by atoms with E-state index in [4.69, 9.17) is 0 Å². The zero-order valence-corrected chi connectivity index (χ0v) is 8.52. The van der Waals surface area contributed by atoms with Crippen LogP contribution in [0.5, 0.6) is 0 Å². The molecule has 1 aliphatic rings. The van der Waals surface area contributed by atoms with Gasteiger partial charge in [0, 0.05) is 12.1 Å². The molecule has 1 nitrogen and oxygen atoms in total. The summed E-state index contributed by atoms with van der Waals surface area (Å²) in [6.07, 6.45) is 1.44. The quantitative estimate of drug-likeness (QED) is 0.592. The van der Waals surface area contributed by atoms with Crippen LogP contribution in [0.25, 0.3) is 0 Å². The average molecular weight is 155 g/mol. The number of nitrogens with zero attached hydrogens (tertiary/aromatic N) is 1. The van der Waals surface area contributed by atoms with Gasteiger partial charge in [-0.05, 0) is 46.1 Å². The molecule has 0 aromatic carbocycles. The fraction of sp³-hybridized carbons (Fsp3) is 1.00. The van der Waals surface area contributed by atoms with Gasteiger partial charge in [-0.25, -0.2) is 0 Å². The van der Waals surface area contributed by atoms with E-state index in [1.54, 1.807) is 0 Å². The molecular weight excluding hydrogens is 134 g/mol. The molecule has 2 atom stereocenters. The lowest BCUT2D eigenvalue weighted by Crippen LogP contribution is -2.39. The van der Waals surface area contributed by atoms with Crippen molar-refractivity contribution in [2.45, 2.75) is 39.7 Å². The summed E-state index contributed by atoms with van der Waals surface area (Å²) in [5.74, 6) is 1.97. The molecule has 0 heterocycles. The second-order valence-corrected chi connectivity index (χ2v) is 5.02. The van der Waals surface area contributed by atoms with Crippen LogP contribution in [0.4, 0.5) is 0 Å². The van der Waals surface area contributed by atoms with Crippen molar-refractivity contribution < 1.29 is 0 Å². The van der Waals surface area contributed by atoms with E-state index in [0.29, 0.717) is 5.54 Å². The van der Waals surface area contributed by atoms with Gasteiger partial charge >= 0.3 is 0 Å². The van der Waals surface area contributed by atoms with Crippen LogP contribution in [0.2, 0.25) is 0 Å². The molecule has 1 heteroatoms. The highest BCUT2D eigenvalue weighted by atomic mass is 15.2. The summed E-state index contributed by atoms with van der Waals surface area (Å²) in [5.41, 5.74) is 0.350. The Bertz CT molecular complexity index is 134. The highest BCUT2D eigenvalue weighted by Gasteiger charge is 2.34. The maximum Gasteiger partial charge on any atom is 0.0122 e. The lowest BCUT2D eigenvalue weighted by Gasteiger charge is -2.32. The van der Waals surface area contributed by atoms with E-state index in [2.05, 4.69) is 39.6 Å². The monoisotopic (exact) mass is 155 g/mol. The molecule has 0 spiro atoms. The van der Waals surface area contributed by atoms with Gasteiger partial charge in [0.05, 0.1) is 0 Å². The largest absolute Gasteiger partial charge is 0.301 e. The highest BCUT2D eigenvalue weighted by Crippen LogP contribution is 2.38. The van der Waals surface area contributed by atoms with Crippen molar-refractivity contribution in [3.63, 3.8) is 0 Å². The highest BCUT2D eigenvalue weighted by molar-refractivity contribution is 4.87. The van der Waals surface area contributed by atoms with Crippen molar-refractivity contribution in [1.29, 1.82) is 0 Å². The first-order valence-corrected chi connectivity index (χ1v) is 4.62. The number of hydrogen-bond acceptors (Lipinski definition) is 1. The van der Waals surface area contributed by atoms with E-state index in [1.165, 1.54) is 13.0 Å². The molecule has 1 aliphatic carbocycles. The smallest absolute Gasteiger partial charge is 0.0122 e. The Labute approximate surface area is 70.8 Å². The van der Waals surface area contributed by atoms with E-state index >= 15 is 0 Å².